The number of phenols is 1. The van der Waals surface area contributed by atoms with Gasteiger partial charge in [0.05, 0.1) is 7.11 Å². The van der Waals surface area contributed by atoms with E-state index < -0.39 is 0 Å². The zero-order chi connectivity index (χ0) is 19.8. The van der Waals surface area contributed by atoms with Crippen LogP contribution in [0.1, 0.15) is 36.1 Å². The molecule has 2 aliphatic rings. The Morgan fingerprint density at radius 2 is 1.93 bits per heavy atom. The van der Waals surface area contributed by atoms with Crippen LogP contribution in [0.4, 0.5) is 5.82 Å². The van der Waals surface area contributed by atoms with Crippen molar-refractivity contribution in [2.24, 2.45) is 0 Å². The average molecular weight is 388 g/mol. The standard InChI is InChI=1S/C23H24N4O2/c1-29-21-13-15(5-8-20(21)28)14-27(17-6-7-17)23-18-3-2-4-19(18)25-22(26-23)16-9-11-24-12-10-16/h5,8-13,17,28H,2-4,6-7,14H2,1H3. The average Bonchev–Trinajstić information content (AvgIpc) is 3.49. The van der Waals surface area contributed by atoms with Crippen LogP contribution in [0.25, 0.3) is 11.4 Å². The second-order valence-corrected chi connectivity index (χ2v) is 7.75. The van der Waals surface area contributed by atoms with Crippen LogP contribution in [0.3, 0.4) is 0 Å². The number of aromatic hydroxyl groups is 1. The summed E-state index contributed by atoms with van der Waals surface area (Å²) in [4.78, 5) is 16.5. The molecule has 0 atom stereocenters. The van der Waals surface area contributed by atoms with E-state index in [1.165, 1.54) is 24.1 Å². The molecular formula is C23H24N4O2. The third-order valence-corrected chi connectivity index (χ3v) is 5.71. The normalized spacial score (nSPS) is 15.2. The van der Waals surface area contributed by atoms with Crippen LogP contribution >= 0.6 is 0 Å². The molecule has 1 N–H and O–H groups in total. The predicted molar refractivity (Wildman–Crippen MR) is 111 cm³/mol. The number of aromatic nitrogens is 3. The van der Waals surface area contributed by atoms with Gasteiger partial charge in [0.25, 0.3) is 0 Å². The number of hydrogen-bond acceptors (Lipinski definition) is 6. The van der Waals surface area contributed by atoms with Crippen LogP contribution in [0.15, 0.2) is 42.7 Å². The Kier molecular flexibility index (Phi) is 4.54. The van der Waals surface area contributed by atoms with Crippen molar-refractivity contribution >= 4 is 5.82 Å². The Hall–Kier alpha value is -3.15. The fraction of sp³-hybridized carbons (Fsp3) is 0.348. The molecule has 2 aliphatic carbocycles. The van der Waals surface area contributed by atoms with E-state index in [4.69, 9.17) is 14.7 Å². The van der Waals surface area contributed by atoms with Gasteiger partial charge in [0, 0.05) is 41.8 Å². The number of hydrogen-bond donors (Lipinski definition) is 1. The predicted octanol–water partition coefficient (Wildman–Crippen LogP) is 3.91. The molecule has 0 bridgehead atoms. The molecule has 0 amide bonds. The number of methoxy groups -OCH3 is 1. The summed E-state index contributed by atoms with van der Waals surface area (Å²) in [7, 11) is 1.58. The zero-order valence-corrected chi connectivity index (χ0v) is 16.5. The summed E-state index contributed by atoms with van der Waals surface area (Å²) < 4.78 is 5.30. The van der Waals surface area contributed by atoms with Crippen LogP contribution in [0, 0.1) is 0 Å². The van der Waals surface area contributed by atoms with E-state index in [0.29, 0.717) is 11.8 Å². The minimum atomic E-state index is 0.164. The summed E-state index contributed by atoms with van der Waals surface area (Å²) in [6.45, 7) is 0.737. The summed E-state index contributed by atoms with van der Waals surface area (Å²) in [5, 5.41) is 9.93. The Labute approximate surface area is 170 Å². The molecule has 5 rings (SSSR count). The fourth-order valence-corrected chi connectivity index (χ4v) is 4.06. The third kappa shape index (κ3) is 3.50. The summed E-state index contributed by atoms with van der Waals surface area (Å²) in [5.41, 5.74) is 4.57. The molecule has 148 valence electrons. The molecule has 1 aromatic carbocycles. The quantitative estimate of drug-likeness (QED) is 0.690. The largest absolute Gasteiger partial charge is 0.504 e. The molecule has 6 heteroatoms. The Morgan fingerprint density at radius 1 is 1.10 bits per heavy atom. The topological polar surface area (TPSA) is 71.4 Å². The number of rotatable bonds is 6. The van der Waals surface area contributed by atoms with Crippen molar-refractivity contribution in [1.82, 2.24) is 15.0 Å². The van der Waals surface area contributed by atoms with Crippen LogP contribution in [0.5, 0.6) is 11.5 Å². The van der Waals surface area contributed by atoms with Gasteiger partial charge in [0.15, 0.2) is 17.3 Å². The van der Waals surface area contributed by atoms with Gasteiger partial charge in [-0.1, -0.05) is 6.07 Å². The number of ether oxygens (including phenoxy) is 1. The molecule has 6 nitrogen and oxygen atoms in total. The zero-order valence-electron chi connectivity index (χ0n) is 16.5. The number of phenolic OH excluding ortho intramolecular Hbond substituents is 1. The number of fused-ring (bicyclic) bond motifs is 1. The van der Waals surface area contributed by atoms with Gasteiger partial charge in [-0.2, -0.15) is 0 Å². The highest BCUT2D eigenvalue weighted by Crippen LogP contribution is 2.39. The van der Waals surface area contributed by atoms with Gasteiger partial charge in [-0.05, 0) is 61.9 Å². The number of anilines is 1. The number of benzene rings is 1. The number of nitrogens with zero attached hydrogens (tertiary/aromatic N) is 4. The molecular weight excluding hydrogens is 364 g/mol. The van der Waals surface area contributed by atoms with Crippen LogP contribution in [-0.2, 0) is 19.4 Å². The highest BCUT2D eigenvalue weighted by atomic mass is 16.5. The maximum absolute atomic E-state index is 9.93. The fourth-order valence-electron chi connectivity index (χ4n) is 4.06. The van der Waals surface area contributed by atoms with Crippen LogP contribution in [0.2, 0.25) is 0 Å². The maximum atomic E-state index is 9.93. The number of pyridine rings is 1. The van der Waals surface area contributed by atoms with E-state index in [2.05, 4.69) is 9.88 Å². The SMILES string of the molecule is COc1cc(CN(c2nc(-c3ccncc3)nc3c2CCC3)C2CC2)ccc1O. The van der Waals surface area contributed by atoms with Crippen molar-refractivity contribution in [1.29, 1.82) is 0 Å². The Balaban J connectivity index is 1.56. The van der Waals surface area contributed by atoms with E-state index in [1.807, 2.05) is 24.3 Å². The molecule has 29 heavy (non-hydrogen) atoms. The lowest BCUT2D eigenvalue weighted by Crippen LogP contribution is -2.27. The third-order valence-electron chi connectivity index (χ3n) is 5.71. The van der Waals surface area contributed by atoms with Gasteiger partial charge in [0.2, 0.25) is 0 Å². The second-order valence-electron chi connectivity index (χ2n) is 7.75. The molecule has 0 radical (unpaired) electrons. The second kappa shape index (κ2) is 7.35. The van der Waals surface area contributed by atoms with Gasteiger partial charge in [-0.3, -0.25) is 4.98 Å². The van der Waals surface area contributed by atoms with Gasteiger partial charge in [0.1, 0.15) is 5.82 Å². The van der Waals surface area contributed by atoms with Gasteiger partial charge in [-0.15, -0.1) is 0 Å². The first kappa shape index (κ1) is 17.9. The summed E-state index contributed by atoms with van der Waals surface area (Å²) >= 11 is 0. The summed E-state index contributed by atoms with van der Waals surface area (Å²) in [5.74, 6) is 2.51. The van der Waals surface area contributed by atoms with Crippen molar-refractivity contribution in [2.75, 3.05) is 12.0 Å². The lowest BCUT2D eigenvalue weighted by atomic mass is 10.1. The molecule has 1 saturated carbocycles. The van der Waals surface area contributed by atoms with Crippen LogP contribution < -0.4 is 9.64 Å². The summed E-state index contributed by atoms with van der Waals surface area (Å²) in [6, 6.07) is 10.00. The van der Waals surface area contributed by atoms with E-state index in [0.717, 1.165) is 48.6 Å². The highest BCUT2D eigenvalue weighted by Gasteiger charge is 2.33. The van der Waals surface area contributed by atoms with Crippen molar-refractivity contribution in [2.45, 2.75) is 44.7 Å². The molecule has 2 aromatic heterocycles. The monoisotopic (exact) mass is 388 g/mol. The first-order valence-electron chi connectivity index (χ1n) is 10.2. The summed E-state index contributed by atoms with van der Waals surface area (Å²) in [6.07, 6.45) is 9.09. The van der Waals surface area contributed by atoms with Crippen molar-refractivity contribution < 1.29 is 9.84 Å². The smallest absolute Gasteiger partial charge is 0.161 e. The minimum absolute atomic E-state index is 0.164. The van der Waals surface area contributed by atoms with E-state index in [-0.39, 0.29) is 5.75 Å². The lowest BCUT2D eigenvalue weighted by molar-refractivity contribution is 0.373. The van der Waals surface area contributed by atoms with E-state index in [9.17, 15) is 5.11 Å². The Bertz CT molecular complexity index is 1030. The van der Waals surface area contributed by atoms with Crippen LogP contribution in [-0.4, -0.2) is 33.2 Å². The van der Waals surface area contributed by atoms with E-state index >= 15 is 0 Å². The lowest BCUT2D eigenvalue weighted by Gasteiger charge is -2.26. The van der Waals surface area contributed by atoms with Crippen molar-refractivity contribution in [3.05, 3.63) is 59.5 Å². The molecule has 0 unspecified atom stereocenters. The Morgan fingerprint density at radius 3 is 2.69 bits per heavy atom. The number of aryl methyl sites for hydroxylation is 1. The van der Waals surface area contributed by atoms with Gasteiger partial charge >= 0.3 is 0 Å². The van der Waals surface area contributed by atoms with Crippen molar-refractivity contribution in [3.8, 4) is 22.9 Å². The molecule has 2 heterocycles. The van der Waals surface area contributed by atoms with E-state index in [1.54, 1.807) is 25.6 Å². The maximum Gasteiger partial charge on any atom is 0.161 e. The molecule has 1 fully saturated rings. The molecule has 0 aliphatic heterocycles. The first-order chi connectivity index (χ1) is 14.2. The first-order valence-corrected chi connectivity index (χ1v) is 10.2. The van der Waals surface area contributed by atoms with Gasteiger partial charge < -0.3 is 14.7 Å². The molecule has 3 aromatic rings. The minimum Gasteiger partial charge on any atom is -0.504 e. The molecule has 0 spiro atoms. The van der Waals surface area contributed by atoms with Gasteiger partial charge in [-0.25, -0.2) is 9.97 Å². The van der Waals surface area contributed by atoms with Crippen molar-refractivity contribution in [3.63, 3.8) is 0 Å². The highest BCUT2D eigenvalue weighted by molar-refractivity contribution is 5.62. The molecule has 0 saturated heterocycles.